The molecule has 0 aliphatic rings. The lowest BCUT2D eigenvalue weighted by Gasteiger charge is -1.99. The zero-order valence-corrected chi connectivity index (χ0v) is 10.4. The van der Waals surface area contributed by atoms with Crippen LogP contribution in [0.15, 0.2) is 15.6 Å². The summed E-state index contributed by atoms with van der Waals surface area (Å²) in [5.41, 5.74) is -0.0341. The first-order valence-corrected chi connectivity index (χ1v) is 6.16. The molecule has 0 saturated heterocycles. The van der Waals surface area contributed by atoms with Crippen LogP contribution in [-0.4, -0.2) is 39.1 Å². The van der Waals surface area contributed by atoms with Crippen LogP contribution in [-0.2, 0) is 19.6 Å². The van der Waals surface area contributed by atoms with Crippen molar-refractivity contribution in [2.45, 2.75) is 12.0 Å². The van der Waals surface area contributed by atoms with Crippen molar-refractivity contribution in [3.8, 4) is 0 Å². The topological polar surface area (TPSA) is 123 Å². The molecule has 0 unspecified atom stereocenters. The Labute approximate surface area is 103 Å². The van der Waals surface area contributed by atoms with E-state index in [-0.39, 0.29) is 11.3 Å². The summed E-state index contributed by atoms with van der Waals surface area (Å²) in [7, 11) is -2.96. The molecule has 0 aliphatic carbocycles. The number of hydrogen-bond donors (Lipinski definition) is 2. The first kappa shape index (κ1) is 14.2. The van der Waals surface area contributed by atoms with Gasteiger partial charge in [0.15, 0.2) is 0 Å². The fourth-order valence-electron chi connectivity index (χ4n) is 1.13. The fourth-order valence-corrected chi connectivity index (χ4v) is 2.09. The number of aryl methyl sites for hydroxylation is 1. The minimum atomic E-state index is -4.10. The number of carboxylic acids is 1. The van der Waals surface area contributed by atoms with Crippen LogP contribution < -0.4 is 4.72 Å². The second-order valence-corrected chi connectivity index (χ2v) is 4.94. The van der Waals surface area contributed by atoms with Crippen LogP contribution in [0.25, 0.3) is 0 Å². The smallest absolute Gasteiger partial charge is 0.341 e. The van der Waals surface area contributed by atoms with Crippen LogP contribution in [0.4, 0.5) is 0 Å². The van der Waals surface area contributed by atoms with Crippen molar-refractivity contribution in [1.29, 1.82) is 0 Å². The fraction of sp³-hybridized carbons (Fsp3) is 0.333. The molecule has 0 atom stereocenters. The monoisotopic (exact) mass is 277 g/mol. The number of carboxylic acid groups (broad SMARTS) is 1. The Kier molecular flexibility index (Phi) is 4.09. The van der Waals surface area contributed by atoms with Gasteiger partial charge >= 0.3 is 11.9 Å². The molecule has 0 aromatic carbocycles. The molecule has 0 spiro atoms. The quantitative estimate of drug-likeness (QED) is 0.710. The van der Waals surface area contributed by atoms with Gasteiger partial charge in [0.2, 0.25) is 5.09 Å². The van der Waals surface area contributed by atoms with E-state index in [4.69, 9.17) is 9.52 Å². The summed E-state index contributed by atoms with van der Waals surface area (Å²) in [4.78, 5) is 21.5. The zero-order valence-electron chi connectivity index (χ0n) is 9.59. The number of rotatable bonds is 5. The average molecular weight is 277 g/mol. The number of methoxy groups -OCH3 is 1. The van der Waals surface area contributed by atoms with Crippen LogP contribution in [0.2, 0.25) is 0 Å². The van der Waals surface area contributed by atoms with E-state index in [2.05, 4.69) is 4.74 Å². The zero-order chi connectivity index (χ0) is 13.9. The molecule has 18 heavy (non-hydrogen) atoms. The van der Waals surface area contributed by atoms with Gasteiger partial charge in [0.1, 0.15) is 17.9 Å². The molecule has 1 aromatic heterocycles. The van der Waals surface area contributed by atoms with Crippen molar-refractivity contribution in [3.63, 3.8) is 0 Å². The lowest BCUT2D eigenvalue weighted by atomic mass is 10.3. The third kappa shape index (κ3) is 3.08. The molecule has 0 saturated carbocycles. The lowest BCUT2D eigenvalue weighted by molar-refractivity contribution is -0.135. The van der Waals surface area contributed by atoms with E-state index < -0.39 is 33.6 Å². The average Bonchev–Trinajstić information content (AvgIpc) is 2.68. The maximum absolute atomic E-state index is 11.6. The summed E-state index contributed by atoms with van der Waals surface area (Å²) in [5, 5.41) is 7.84. The minimum Gasteiger partial charge on any atom is -0.480 e. The normalized spacial score (nSPS) is 11.2. The van der Waals surface area contributed by atoms with Crippen molar-refractivity contribution in [2.24, 2.45) is 0 Å². The van der Waals surface area contributed by atoms with Gasteiger partial charge in [-0.3, -0.25) is 4.79 Å². The van der Waals surface area contributed by atoms with Gasteiger partial charge in [0, 0.05) is 6.07 Å². The number of carbonyl (C=O) groups is 2. The highest BCUT2D eigenvalue weighted by Gasteiger charge is 2.24. The Balaban J connectivity index is 3.04. The summed E-state index contributed by atoms with van der Waals surface area (Å²) < 4.78 is 34.3. The number of sulfonamides is 1. The summed E-state index contributed by atoms with van der Waals surface area (Å²) >= 11 is 0. The molecule has 0 radical (unpaired) electrons. The third-order valence-corrected chi connectivity index (χ3v) is 3.23. The van der Waals surface area contributed by atoms with Crippen molar-refractivity contribution < 1.29 is 32.3 Å². The largest absolute Gasteiger partial charge is 0.480 e. The number of carbonyl (C=O) groups excluding carboxylic acids is 1. The number of furan rings is 1. The molecule has 1 rings (SSSR count). The van der Waals surface area contributed by atoms with Gasteiger partial charge < -0.3 is 14.3 Å². The van der Waals surface area contributed by atoms with Gasteiger partial charge in [-0.1, -0.05) is 0 Å². The first-order valence-electron chi connectivity index (χ1n) is 4.68. The van der Waals surface area contributed by atoms with Gasteiger partial charge in [-0.2, -0.15) is 4.72 Å². The maximum Gasteiger partial charge on any atom is 0.341 e. The van der Waals surface area contributed by atoms with Gasteiger partial charge in [-0.15, -0.1) is 0 Å². The summed E-state index contributed by atoms with van der Waals surface area (Å²) in [6.45, 7) is 0.609. The Morgan fingerprint density at radius 1 is 1.50 bits per heavy atom. The van der Waals surface area contributed by atoms with Crippen molar-refractivity contribution >= 4 is 22.0 Å². The summed E-state index contributed by atoms with van der Waals surface area (Å²) in [5.74, 6) is -2.01. The number of hydrogen-bond acceptors (Lipinski definition) is 6. The Hall–Kier alpha value is -1.87. The first-order chi connectivity index (χ1) is 8.27. The Morgan fingerprint density at radius 2 is 2.11 bits per heavy atom. The SMILES string of the molecule is COC(=O)c1cc(S(=O)(=O)NCC(=O)O)oc1C. The number of esters is 1. The number of ether oxygens (including phenoxy) is 1. The third-order valence-electron chi connectivity index (χ3n) is 1.98. The molecule has 0 bridgehead atoms. The second-order valence-electron chi connectivity index (χ2n) is 3.25. The molecular formula is C9H11NO7S. The summed E-state index contributed by atoms with van der Waals surface area (Å²) in [6.07, 6.45) is 0. The van der Waals surface area contributed by atoms with Crippen LogP contribution in [0, 0.1) is 6.92 Å². The second kappa shape index (κ2) is 5.19. The van der Waals surface area contributed by atoms with E-state index in [1.165, 1.54) is 6.92 Å². The number of nitrogens with one attached hydrogen (secondary N) is 1. The predicted molar refractivity (Wildman–Crippen MR) is 57.6 cm³/mol. The Bertz CT molecular complexity index is 572. The molecule has 2 N–H and O–H groups in total. The highest BCUT2D eigenvalue weighted by Crippen LogP contribution is 2.19. The number of aliphatic carboxylic acids is 1. The van der Waals surface area contributed by atoms with Gasteiger partial charge in [-0.05, 0) is 6.92 Å². The van der Waals surface area contributed by atoms with Crippen molar-refractivity contribution in [2.75, 3.05) is 13.7 Å². The molecule has 1 heterocycles. The van der Waals surface area contributed by atoms with Crippen molar-refractivity contribution in [1.82, 2.24) is 4.72 Å². The predicted octanol–water partition coefficient (Wildman–Crippen LogP) is -0.262. The van der Waals surface area contributed by atoms with Crippen LogP contribution in [0.5, 0.6) is 0 Å². The summed E-state index contributed by atoms with van der Waals surface area (Å²) in [6, 6.07) is 0.978. The van der Waals surface area contributed by atoms with Crippen LogP contribution in [0.3, 0.4) is 0 Å². The molecule has 1 aromatic rings. The molecular weight excluding hydrogens is 266 g/mol. The highest BCUT2D eigenvalue weighted by molar-refractivity contribution is 7.89. The van der Waals surface area contributed by atoms with Gasteiger partial charge in [-0.25, -0.2) is 13.2 Å². The Morgan fingerprint density at radius 3 is 2.61 bits per heavy atom. The van der Waals surface area contributed by atoms with E-state index in [1.54, 1.807) is 4.72 Å². The van der Waals surface area contributed by atoms with E-state index in [9.17, 15) is 18.0 Å². The molecule has 0 aliphatic heterocycles. The van der Waals surface area contributed by atoms with Gasteiger partial charge in [0.05, 0.1) is 7.11 Å². The van der Waals surface area contributed by atoms with E-state index in [0.29, 0.717) is 0 Å². The molecule has 9 heteroatoms. The van der Waals surface area contributed by atoms with Gasteiger partial charge in [0.25, 0.3) is 10.0 Å². The molecule has 0 fully saturated rings. The lowest BCUT2D eigenvalue weighted by Crippen LogP contribution is -2.29. The molecule has 8 nitrogen and oxygen atoms in total. The van der Waals surface area contributed by atoms with Crippen LogP contribution in [0.1, 0.15) is 16.1 Å². The standard InChI is InChI=1S/C9H11NO7S/c1-5-6(9(13)16-2)3-8(17-5)18(14,15)10-4-7(11)12/h3,10H,4H2,1-2H3,(H,11,12). The van der Waals surface area contributed by atoms with Crippen molar-refractivity contribution in [3.05, 3.63) is 17.4 Å². The minimum absolute atomic E-state index is 0.0341. The highest BCUT2D eigenvalue weighted by atomic mass is 32.2. The molecule has 100 valence electrons. The maximum atomic E-state index is 11.6. The van der Waals surface area contributed by atoms with Crippen LogP contribution >= 0.6 is 0 Å². The van der Waals surface area contributed by atoms with E-state index >= 15 is 0 Å². The van der Waals surface area contributed by atoms with E-state index in [0.717, 1.165) is 13.2 Å². The van der Waals surface area contributed by atoms with E-state index in [1.807, 2.05) is 0 Å². The molecule has 0 amide bonds.